The van der Waals surface area contributed by atoms with Crippen LogP contribution >= 0.6 is 11.6 Å². The van der Waals surface area contributed by atoms with Crippen molar-refractivity contribution in [2.75, 3.05) is 6.54 Å². The molecule has 0 saturated carbocycles. The van der Waals surface area contributed by atoms with E-state index in [0.717, 1.165) is 22.5 Å². The van der Waals surface area contributed by atoms with Crippen LogP contribution in [0.3, 0.4) is 0 Å². The van der Waals surface area contributed by atoms with E-state index in [9.17, 15) is 0 Å². The van der Waals surface area contributed by atoms with Gasteiger partial charge in [-0.25, -0.2) is 0 Å². The third-order valence-corrected chi connectivity index (χ3v) is 2.96. The van der Waals surface area contributed by atoms with E-state index < -0.39 is 0 Å². The molecule has 1 heterocycles. The van der Waals surface area contributed by atoms with Gasteiger partial charge < -0.3 is 10.7 Å². The maximum Gasteiger partial charge on any atom is 0.0501 e. The van der Waals surface area contributed by atoms with Crippen molar-refractivity contribution in [1.82, 2.24) is 4.98 Å². The van der Waals surface area contributed by atoms with Gasteiger partial charge in [-0.3, -0.25) is 0 Å². The Kier molecular flexibility index (Phi) is 2.48. The second kappa shape index (κ2) is 3.64. The van der Waals surface area contributed by atoms with Crippen molar-refractivity contribution in [2.45, 2.75) is 13.3 Å². The summed E-state index contributed by atoms with van der Waals surface area (Å²) in [7, 11) is 0. The summed E-state index contributed by atoms with van der Waals surface area (Å²) in [5.41, 5.74) is 9.03. The molecule has 0 spiro atoms. The van der Waals surface area contributed by atoms with E-state index in [1.165, 1.54) is 10.9 Å². The van der Waals surface area contributed by atoms with Gasteiger partial charge in [-0.1, -0.05) is 17.7 Å². The highest BCUT2D eigenvalue weighted by Crippen LogP contribution is 2.26. The first kappa shape index (κ1) is 9.56. The summed E-state index contributed by atoms with van der Waals surface area (Å²) < 4.78 is 0. The Morgan fingerprint density at radius 2 is 2.21 bits per heavy atom. The molecule has 0 atom stereocenters. The molecule has 0 aliphatic rings. The second-order valence-electron chi connectivity index (χ2n) is 3.45. The van der Waals surface area contributed by atoms with Gasteiger partial charge in [0.25, 0.3) is 0 Å². The minimum atomic E-state index is 0.675. The molecule has 0 amide bonds. The lowest BCUT2D eigenvalue weighted by atomic mass is 10.1. The van der Waals surface area contributed by atoms with E-state index in [-0.39, 0.29) is 0 Å². The van der Waals surface area contributed by atoms with Crippen LogP contribution in [-0.2, 0) is 6.42 Å². The third kappa shape index (κ3) is 1.41. The molecule has 3 N–H and O–H groups in total. The van der Waals surface area contributed by atoms with Crippen molar-refractivity contribution in [1.29, 1.82) is 0 Å². The Balaban J connectivity index is 2.64. The number of aromatic amines is 1. The van der Waals surface area contributed by atoms with Crippen LogP contribution in [-0.4, -0.2) is 11.5 Å². The zero-order chi connectivity index (χ0) is 10.1. The van der Waals surface area contributed by atoms with Gasteiger partial charge in [-0.15, -0.1) is 0 Å². The number of halogens is 1. The van der Waals surface area contributed by atoms with Gasteiger partial charge in [0.15, 0.2) is 0 Å². The van der Waals surface area contributed by atoms with E-state index in [2.05, 4.69) is 4.98 Å². The van der Waals surface area contributed by atoms with Gasteiger partial charge in [0.1, 0.15) is 0 Å². The van der Waals surface area contributed by atoms with Gasteiger partial charge in [0, 0.05) is 16.6 Å². The quantitative estimate of drug-likeness (QED) is 0.783. The molecule has 74 valence electrons. The van der Waals surface area contributed by atoms with Gasteiger partial charge in [-0.2, -0.15) is 0 Å². The Bertz CT molecular complexity index is 460. The molecule has 0 bridgehead atoms. The number of H-pyrrole nitrogens is 1. The first-order chi connectivity index (χ1) is 6.74. The SMILES string of the molecule is Cc1c(Cl)ccc2c(CCN)c[nH]c12. The van der Waals surface area contributed by atoms with Crippen molar-refractivity contribution in [3.05, 3.63) is 34.5 Å². The molecule has 0 radical (unpaired) electrons. The molecule has 0 unspecified atom stereocenters. The fourth-order valence-corrected chi connectivity index (χ4v) is 1.90. The number of aryl methyl sites for hydroxylation is 1. The van der Waals surface area contributed by atoms with Crippen LogP contribution in [0.4, 0.5) is 0 Å². The van der Waals surface area contributed by atoms with Crippen LogP contribution in [0.5, 0.6) is 0 Å². The van der Waals surface area contributed by atoms with E-state index in [1.54, 1.807) is 0 Å². The highest BCUT2D eigenvalue weighted by molar-refractivity contribution is 6.32. The maximum absolute atomic E-state index is 6.03. The summed E-state index contributed by atoms with van der Waals surface area (Å²) in [4.78, 5) is 3.24. The zero-order valence-corrected chi connectivity index (χ0v) is 8.86. The molecule has 0 saturated heterocycles. The van der Waals surface area contributed by atoms with Crippen molar-refractivity contribution in [3.63, 3.8) is 0 Å². The summed E-state index contributed by atoms with van der Waals surface area (Å²) >= 11 is 6.03. The zero-order valence-electron chi connectivity index (χ0n) is 8.10. The number of hydrogen-bond donors (Lipinski definition) is 2. The molecule has 2 nitrogen and oxygen atoms in total. The minimum Gasteiger partial charge on any atom is -0.361 e. The van der Waals surface area contributed by atoms with Gasteiger partial charge in [-0.05, 0) is 37.1 Å². The Hall–Kier alpha value is -0.990. The summed E-state index contributed by atoms with van der Waals surface area (Å²) in [5.74, 6) is 0. The average Bonchev–Trinajstić information content (AvgIpc) is 2.57. The number of benzene rings is 1. The number of nitrogens with two attached hydrogens (primary N) is 1. The van der Waals surface area contributed by atoms with Crippen LogP contribution in [0.1, 0.15) is 11.1 Å². The summed E-state index contributed by atoms with van der Waals surface area (Å²) in [5, 5.41) is 2.04. The Morgan fingerprint density at radius 1 is 1.43 bits per heavy atom. The van der Waals surface area contributed by atoms with Gasteiger partial charge in [0.05, 0.1) is 5.52 Å². The predicted molar refractivity (Wildman–Crippen MR) is 60.8 cm³/mol. The van der Waals surface area contributed by atoms with Crippen LogP contribution in [0.2, 0.25) is 5.02 Å². The van der Waals surface area contributed by atoms with E-state index in [1.807, 2.05) is 25.3 Å². The lowest BCUT2D eigenvalue weighted by Gasteiger charge is -2.00. The van der Waals surface area contributed by atoms with Crippen molar-refractivity contribution < 1.29 is 0 Å². The van der Waals surface area contributed by atoms with Gasteiger partial charge in [0.2, 0.25) is 0 Å². The second-order valence-corrected chi connectivity index (χ2v) is 3.85. The molecule has 1 aromatic carbocycles. The summed E-state index contributed by atoms with van der Waals surface area (Å²) in [6, 6.07) is 3.99. The molecular formula is C11H13ClN2. The van der Waals surface area contributed by atoms with Gasteiger partial charge >= 0.3 is 0 Å². The average molecular weight is 209 g/mol. The number of nitrogens with one attached hydrogen (secondary N) is 1. The fourth-order valence-electron chi connectivity index (χ4n) is 1.74. The highest BCUT2D eigenvalue weighted by atomic mass is 35.5. The number of hydrogen-bond acceptors (Lipinski definition) is 1. The molecule has 14 heavy (non-hydrogen) atoms. The normalized spacial score (nSPS) is 11.1. The molecule has 0 aliphatic heterocycles. The predicted octanol–water partition coefficient (Wildman–Crippen LogP) is 2.63. The Morgan fingerprint density at radius 3 is 2.93 bits per heavy atom. The topological polar surface area (TPSA) is 41.8 Å². The van der Waals surface area contributed by atoms with Crippen LogP contribution in [0.15, 0.2) is 18.3 Å². The Labute approximate surface area is 88.1 Å². The largest absolute Gasteiger partial charge is 0.361 e. The standard InChI is InChI=1S/C11H13ClN2/c1-7-10(12)3-2-9-8(4-5-13)6-14-11(7)9/h2-3,6,14H,4-5,13H2,1H3. The molecule has 2 rings (SSSR count). The number of fused-ring (bicyclic) bond motifs is 1. The monoisotopic (exact) mass is 208 g/mol. The van der Waals surface area contributed by atoms with Crippen molar-refractivity contribution in [3.8, 4) is 0 Å². The number of rotatable bonds is 2. The lowest BCUT2D eigenvalue weighted by molar-refractivity contribution is 0.976. The molecule has 0 fully saturated rings. The van der Waals surface area contributed by atoms with Crippen LogP contribution in [0.25, 0.3) is 10.9 Å². The lowest BCUT2D eigenvalue weighted by Crippen LogP contribution is -2.01. The molecule has 2 aromatic rings. The first-order valence-electron chi connectivity index (χ1n) is 4.69. The summed E-state index contributed by atoms with van der Waals surface area (Å²) in [6.07, 6.45) is 2.92. The van der Waals surface area contributed by atoms with E-state index in [4.69, 9.17) is 17.3 Å². The van der Waals surface area contributed by atoms with Crippen LogP contribution in [0, 0.1) is 6.92 Å². The first-order valence-corrected chi connectivity index (χ1v) is 5.07. The molecule has 0 aliphatic carbocycles. The van der Waals surface area contributed by atoms with E-state index in [0.29, 0.717) is 6.54 Å². The van der Waals surface area contributed by atoms with Crippen molar-refractivity contribution in [2.24, 2.45) is 5.73 Å². The minimum absolute atomic E-state index is 0.675. The maximum atomic E-state index is 6.03. The molecule has 3 heteroatoms. The highest BCUT2D eigenvalue weighted by Gasteiger charge is 2.06. The fraction of sp³-hybridized carbons (Fsp3) is 0.273. The van der Waals surface area contributed by atoms with E-state index >= 15 is 0 Å². The summed E-state index contributed by atoms with van der Waals surface area (Å²) in [6.45, 7) is 2.70. The smallest absolute Gasteiger partial charge is 0.0501 e. The van der Waals surface area contributed by atoms with Crippen LogP contribution < -0.4 is 5.73 Å². The number of aromatic nitrogens is 1. The molecule has 1 aromatic heterocycles. The molecular weight excluding hydrogens is 196 g/mol. The van der Waals surface area contributed by atoms with Crippen molar-refractivity contribution >= 4 is 22.5 Å². The third-order valence-electron chi connectivity index (χ3n) is 2.55.